The summed E-state index contributed by atoms with van der Waals surface area (Å²) < 4.78 is 0. The number of thioether (sulfide) groups is 1. The molecule has 0 rings (SSSR count). The SMILES string of the molecule is CCSCCC(=O)CCl. The van der Waals surface area contributed by atoms with Crippen LogP contribution in [0.5, 0.6) is 0 Å². The van der Waals surface area contributed by atoms with Crippen molar-refractivity contribution in [3.05, 3.63) is 0 Å². The van der Waals surface area contributed by atoms with Gasteiger partial charge < -0.3 is 0 Å². The molecule has 0 radical (unpaired) electrons. The summed E-state index contributed by atoms with van der Waals surface area (Å²) in [5.74, 6) is 2.32. The Morgan fingerprint density at radius 3 is 2.78 bits per heavy atom. The van der Waals surface area contributed by atoms with E-state index in [1.807, 2.05) is 0 Å². The van der Waals surface area contributed by atoms with E-state index >= 15 is 0 Å². The Kier molecular flexibility index (Phi) is 6.65. The van der Waals surface area contributed by atoms with E-state index in [-0.39, 0.29) is 11.7 Å². The van der Waals surface area contributed by atoms with Crippen molar-refractivity contribution < 1.29 is 4.79 Å². The summed E-state index contributed by atoms with van der Waals surface area (Å²) in [6.45, 7) is 2.08. The molecule has 1 nitrogen and oxygen atoms in total. The van der Waals surface area contributed by atoms with E-state index in [1.54, 1.807) is 11.8 Å². The zero-order valence-electron chi connectivity index (χ0n) is 5.52. The van der Waals surface area contributed by atoms with E-state index in [1.165, 1.54) is 0 Å². The molecule has 54 valence electrons. The zero-order valence-corrected chi connectivity index (χ0v) is 7.10. The van der Waals surface area contributed by atoms with Gasteiger partial charge in [0.05, 0.1) is 5.88 Å². The van der Waals surface area contributed by atoms with Gasteiger partial charge in [0.1, 0.15) is 5.78 Å². The number of halogens is 1. The van der Waals surface area contributed by atoms with Crippen molar-refractivity contribution in [1.82, 2.24) is 0 Å². The highest BCUT2D eigenvalue weighted by molar-refractivity contribution is 7.99. The van der Waals surface area contributed by atoms with E-state index in [0.717, 1.165) is 11.5 Å². The van der Waals surface area contributed by atoms with Crippen LogP contribution in [-0.2, 0) is 4.79 Å². The van der Waals surface area contributed by atoms with Crippen LogP contribution in [0.4, 0.5) is 0 Å². The van der Waals surface area contributed by atoms with Crippen LogP contribution in [0.15, 0.2) is 0 Å². The van der Waals surface area contributed by atoms with Gasteiger partial charge in [0.15, 0.2) is 0 Å². The summed E-state index contributed by atoms with van der Waals surface area (Å²) in [6.07, 6.45) is 0.627. The minimum Gasteiger partial charge on any atom is -0.298 e. The van der Waals surface area contributed by atoms with Gasteiger partial charge in [0, 0.05) is 12.2 Å². The molecule has 0 atom stereocenters. The number of alkyl halides is 1. The Morgan fingerprint density at radius 2 is 2.33 bits per heavy atom. The van der Waals surface area contributed by atoms with Crippen LogP contribution in [0.1, 0.15) is 13.3 Å². The third-order valence-corrected chi connectivity index (χ3v) is 2.08. The number of ketones is 1. The van der Waals surface area contributed by atoms with Crippen molar-refractivity contribution in [2.75, 3.05) is 17.4 Å². The van der Waals surface area contributed by atoms with E-state index in [2.05, 4.69) is 6.92 Å². The maximum Gasteiger partial charge on any atom is 0.148 e. The summed E-state index contributed by atoms with van der Waals surface area (Å²) in [5, 5.41) is 0. The molecule has 0 heterocycles. The summed E-state index contributed by atoms with van der Waals surface area (Å²) >= 11 is 7.04. The number of Topliss-reactive ketones (excluding diaryl/α,β-unsaturated/α-hetero) is 1. The molecule has 0 unspecified atom stereocenters. The smallest absolute Gasteiger partial charge is 0.148 e. The fourth-order valence-corrected chi connectivity index (χ4v) is 1.19. The molecule has 0 N–H and O–H groups in total. The minimum absolute atomic E-state index is 0.151. The van der Waals surface area contributed by atoms with Crippen LogP contribution in [0.2, 0.25) is 0 Å². The fraction of sp³-hybridized carbons (Fsp3) is 0.833. The van der Waals surface area contributed by atoms with Crippen LogP contribution in [-0.4, -0.2) is 23.2 Å². The molecule has 0 saturated heterocycles. The highest BCUT2D eigenvalue weighted by atomic mass is 35.5. The third kappa shape index (κ3) is 6.19. The van der Waals surface area contributed by atoms with Crippen LogP contribution in [0.3, 0.4) is 0 Å². The van der Waals surface area contributed by atoms with E-state index in [4.69, 9.17) is 11.6 Å². The Bertz CT molecular complexity index is 85.1. The first-order valence-electron chi connectivity index (χ1n) is 2.96. The van der Waals surface area contributed by atoms with Crippen LogP contribution in [0.25, 0.3) is 0 Å². The first kappa shape index (κ1) is 9.31. The molecule has 0 amide bonds. The Hall–Kier alpha value is 0.310. The lowest BCUT2D eigenvalue weighted by Gasteiger charge is -1.93. The van der Waals surface area contributed by atoms with Crippen molar-refractivity contribution in [2.24, 2.45) is 0 Å². The molecule has 0 spiro atoms. The molecule has 0 aromatic rings. The van der Waals surface area contributed by atoms with Gasteiger partial charge in [0.25, 0.3) is 0 Å². The van der Waals surface area contributed by atoms with E-state index in [9.17, 15) is 4.79 Å². The van der Waals surface area contributed by atoms with Crippen LogP contribution in [0, 0.1) is 0 Å². The van der Waals surface area contributed by atoms with Gasteiger partial charge in [-0.25, -0.2) is 0 Å². The van der Waals surface area contributed by atoms with Crippen LogP contribution < -0.4 is 0 Å². The molecular weight excluding hydrogens is 156 g/mol. The molecular formula is C6H11ClOS. The summed E-state index contributed by atoms with van der Waals surface area (Å²) in [6, 6.07) is 0. The molecule has 9 heavy (non-hydrogen) atoms. The minimum atomic E-state index is 0.151. The molecule has 0 bridgehead atoms. The van der Waals surface area contributed by atoms with Crippen molar-refractivity contribution in [3.8, 4) is 0 Å². The van der Waals surface area contributed by atoms with E-state index < -0.39 is 0 Å². The average molecular weight is 167 g/mol. The first-order valence-corrected chi connectivity index (χ1v) is 4.65. The second-order valence-electron chi connectivity index (χ2n) is 1.62. The van der Waals surface area contributed by atoms with Gasteiger partial charge in [-0.2, -0.15) is 11.8 Å². The Balaban J connectivity index is 2.97. The van der Waals surface area contributed by atoms with Gasteiger partial charge in [-0.05, 0) is 5.75 Å². The van der Waals surface area contributed by atoms with Crippen molar-refractivity contribution in [3.63, 3.8) is 0 Å². The van der Waals surface area contributed by atoms with Crippen molar-refractivity contribution in [1.29, 1.82) is 0 Å². The standard InChI is InChI=1S/C6H11ClOS/c1-2-9-4-3-6(8)5-7/h2-5H2,1H3. The molecule has 0 aliphatic rings. The monoisotopic (exact) mass is 166 g/mol. The average Bonchev–Trinajstić information content (AvgIpc) is 1.89. The maximum atomic E-state index is 10.5. The van der Waals surface area contributed by atoms with Gasteiger partial charge in [-0.3, -0.25) is 4.79 Å². The first-order chi connectivity index (χ1) is 4.31. The molecule has 3 heteroatoms. The number of hydrogen-bond acceptors (Lipinski definition) is 2. The molecule has 0 saturated carbocycles. The lowest BCUT2D eigenvalue weighted by atomic mass is 10.3. The maximum absolute atomic E-state index is 10.5. The second kappa shape index (κ2) is 6.43. The van der Waals surface area contributed by atoms with Gasteiger partial charge in [-0.15, -0.1) is 11.6 Å². The largest absolute Gasteiger partial charge is 0.298 e. The Morgan fingerprint density at radius 1 is 1.67 bits per heavy atom. The predicted octanol–water partition coefficient (Wildman–Crippen LogP) is 1.94. The fourth-order valence-electron chi connectivity index (χ4n) is 0.397. The number of carbonyl (C=O) groups is 1. The normalized spacial score (nSPS) is 9.56. The summed E-state index contributed by atoms with van der Waals surface area (Å²) in [4.78, 5) is 10.5. The van der Waals surface area contributed by atoms with Gasteiger partial charge >= 0.3 is 0 Å². The highest BCUT2D eigenvalue weighted by Crippen LogP contribution is 2.01. The second-order valence-corrected chi connectivity index (χ2v) is 3.28. The van der Waals surface area contributed by atoms with Gasteiger partial charge in [0.2, 0.25) is 0 Å². The molecule has 0 aromatic carbocycles. The topological polar surface area (TPSA) is 17.1 Å². The number of hydrogen-bond donors (Lipinski definition) is 0. The molecule has 0 aromatic heterocycles. The molecule has 0 aliphatic heterocycles. The number of rotatable bonds is 5. The van der Waals surface area contributed by atoms with Crippen molar-refractivity contribution >= 4 is 29.1 Å². The van der Waals surface area contributed by atoms with Gasteiger partial charge in [-0.1, -0.05) is 6.92 Å². The molecule has 0 aliphatic carbocycles. The van der Waals surface area contributed by atoms with Crippen molar-refractivity contribution in [2.45, 2.75) is 13.3 Å². The third-order valence-electron chi connectivity index (χ3n) is 0.878. The number of carbonyl (C=O) groups excluding carboxylic acids is 1. The van der Waals surface area contributed by atoms with Crippen LogP contribution >= 0.6 is 23.4 Å². The quantitative estimate of drug-likeness (QED) is 0.459. The molecule has 0 fully saturated rings. The highest BCUT2D eigenvalue weighted by Gasteiger charge is 1.96. The summed E-state index contributed by atoms with van der Waals surface area (Å²) in [5.41, 5.74) is 0. The summed E-state index contributed by atoms with van der Waals surface area (Å²) in [7, 11) is 0. The van der Waals surface area contributed by atoms with E-state index in [0.29, 0.717) is 6.42 Å². The zero-order chi connectivity index (χ0) is 7.11. The lowest BCUT2D eigenvalue weighted by Crippen LogP contribution is -1.99. The Labute approximate surface area is 65.2 Å². The lowest BCUT2D eigenvalue weighted by molar-refractivity contribution is -0.116. The predicted molar refractivity (Wildman–Crippen MR) is 43.3 cm³/mol.